The van der Waals surface area contributed by atoms with Crippen molar-refractivity contribution in [2.24, 2.45) is 0 Å². The van der Waals surface area contributed by atoms with Gasteiger partial charge < -0.3 is 0 Å². The lowest BCUT2D eigenvalue weighted by Crippen LogP contribution is -2.16. The molecule has 1 aromatic rings. The molecular weight excluding hydrogens is 216 g/mol. The highest BCUT2D eigenvalue weighted by molar-refractivity contribution is 7.86. The molecule has 0 spiro atoms. The molecule has 0 saturated heterocycles. The van der Waals surface area contributed by atoms with Gasteiger partial charge in [0.15, 0.2) is 5.78 Å². The van der Waals surface area contributed by atoms with E-state index in [1.54, 1.807) is 12.1 Å². The summed E-state index contributed by atoms with van der Waals surface area (Å²) in [5.41, 5.74) is 1.82. The van der Waals surface area contributed by atoms with Crippen LogP contribution in [0.1, 0.15) is 11.1 Å². The zero-order chi connectivity index (χ0) is 11.5. The molecule has 0 atom stereocenters. The predicted octanol–water partition coefficient (Wildman–Crippen LogP) is 0.994. The standard InChI is InChI=1S/C10H12O4S/c1-8-2-4-9(5-3-8)6-10(11)7-15(12,13)14/h2-5H,6-7H2,1H3,(H,12,13,14). The highest BCUT2D eigenvalue weighted by atomic mass is 32.2. The molecule has 1 rings (SSSR count). The number of hydrogen-bond donors (Lipinski definition) is 1. The summed E-state index contributed by atoms with van der Waals surface area (Å²) in [6.45, 7) is 1.92. The van der Waals surface area contributed by atoms with Crippen molar-refractivity contribution in [3.05, 3.63) is 35.4 Å². The first-order valence-electron chi connectivity index (χ1n) is 4.39. The molecule has 0 bridgehead atoms. The van der Waals surface area contributed by atoms with Gasteiger partial charge in [0.2, 0.25) is 0 Å². The smallest absolute Gasteiger partial charge is 0.272 e. The van der Waals surface area contributed by atoms with Gasteiger partial charge >= 0.3 is 0 Å². The van der Waals surface area contributed by atoms with E-state index >= 15 is 0 Å². The van der Waals surface area contributed by atoms with Gasteiger partial charge in [-0.15, -0.1) is 0 Å². The third-order valence-corrected chi connectivity index (χ3v) is 2.55. The summed E-state index contributed by atoms with van der Waals surface area (Å²) >= 11 is 0. The molecule has 0 aromatic heterocycles. The van der Waals surface area contributed by atoms with Crippen molar-refractivity contribution in [3.8, 4) is 0 Å². The molecule has 4 nitrogen and oxygen atoms in total. The molecule has 1 aromatic carbocycles. The molecule has 0 aliphatic carbocycles. The molecule has 0 aliphatic heterocycles. The SMILES string of the molecule is Cc1ccc(CC(=O)CS(=O)(=O)O)cc1. The number of carbonyl (C=O) groups is 1. The molecule has 0 fully saturated rings. The van der Waals surface area contributed by atoms with Crippen LogP contribution < -0.4 is 0 Å². The Morgan fingerprint density at radius 1 is 1.27 bits per heavy atom. The summed E-state index contributed by atoms with van der Waals surface area (Å²) in [4.78, 5) is 11.2. The van der Waals surface area contributed by atoms with Crippen molar-refractivity contribution in [1.82, 2.24) is 0 Å². The van der Waals surface area contributed by atoms with E-state index in [1.165, 1.54) is 0 Å². The summed E-state index contributed by atoms with van der Waals surface area (Å²) < 4.78 is 29.3. The van der Waals surface area contributed by atoms with Gasteiger partial charge in [-0.2, -0.15) is 8.42 Å². The summed E-state index contributed by atoms with van der Waals surface area (Å²) in [6, 6.07) is 7.21. The maximum absolute atomic E-state index is 11.2. The fourth-order valence-corrected chi connectivity index (χ4v) is 1.70. The maximum Gasteiger partial charge on any atom is 0.272 e. The average Bonchev–Trinajstić information content (AvgIpc) is 2.05. The molecule has 0 aliphatic rings. The largest absolute Gasteiger partial charge is 0.298 e. The van der Waals surface area contributed by atoms with Crippen LogP contribution in [-0.4, -0.2) is 24.5 Å². The van der Waals surface area contributed by atoms with Gasteiger partial charge in [-0.3, -0.25) is 9.35 Å². The Bertz CT molecular complexity index is 445. The molecule has 0 saturated carbocycles. The highest BCUT2D eigenvalue weighted by Crippen LogP contribution is 2.04. The van der Waals surface area contributed by atoms with Gasteiger partial charge in [0, 0.05) is 6.42 Å². The first-order chi connectivity index (χ1) is 6.87. The number of ketones is 1. The summed E-state index contributed by atoms with van der Waals surface area (Å²) in [5, 5.41) is 0. The predicted molar refractivity (Wildman–Crippen MR) is 56.3 cm³/mol. The van der Waals surface area contributed by atoms with Crippen LogP contribution in [-0.2, 0) is 21.3 Å². The van der Waals surface area contributed by atoms with E-state index in [-0.39, 0.29) is 6.42 Å². The van der Waals surface area contributed by atoms with E-state index < -0.39 is 21.7 Å². The Balaban J connectivity index is 2.63. The van der Waals surface area contributed by atoms with Crippen molar-refractivity contribution < 1.29 is 17.8 Å². The van der Waals surface area contributed by atoms with Crippen molar-refractivity contribution in [2.75, 3.05) is 5.75 Å². The fourth-order valence-electron chi connectivity index (χ4n) is 1.19. The zero-order valence-corrected chi connectivity index (χ0v) is 9.12. The van der Waals surface area contributed by atoms with E-state index in [4.69, 9.17) is 4.55 Å². The molecular formula is C10H12O4S. The highest BCUT2D eigenvalue weighted by Gasteiger charge is 2.12. The minimum Gasteiger partial charge on any atom is -0.298 e. The van der Waals surface area contributed by atoms with Gasteiger partial charge in [-0.05, 0) is 12.5 Å². The van der Waals surface area contributed by atoms with Crippen LogP contribution in [0, 0.1) is 6.92 Å². The Morgan fingerprint density at radius 2 is 1.80 bits per heavy atom. The van der Waals surface area contributed by atoms with Crippen molar-refractivity contribution >= 4 is 15.9 Å². The quantitative estimate of drug-likeness (QED) is 0.780. The molecule has 5 heteroatoms. The number of benzene rings is 1. The van der Waals surface area contributed by atoms with E-state index in [0.29, 0.717) is 0 Å². The minimum absolute atomic E-state index is 0.0278. The first-order valence-corrected chi connectivity index (χ1v) is 6.00. The summed E-state index contributed by atoms with van der Waals surface area (Å²) in [6.07, 6.45) is 0.0278. The van der Waals surface area contributed by atoms with Gasteiger partial charge in [0.05, 0.1) is 0 Å². The Hall–Kier alpha value is -1.20. The van der Waals surface area contributed by atoms with Crippen LogP contribution in [0.25, 0.3) is 0 Å². The van der Waals surface area contributed by atoms with Gasteiger partial charge in [-0.1, -0.05) is 29.8 Å². The monoisotopic (exact) mass is 228 g/mol. The van der Waals surface area contributed by atoms with Crippen LogP contribution in [0.3, 0.4) is 0 Å². The Kier molecular flexibility index (Phi) is 3.60. The number of hydrogen-bond acceptors (Lipinski definition) is 3. The van der Waals surface area contributed by atoms with E-state index in [2.05, 4.69) is 0 Å². The van der Waals surface area contributed by atoms with Gasteiger partial charge in [0.1, 0.15) is 5.75 Å². The topological polar surface area (TPSA) is 71.4 Å². The maximum atomic E-state index is 11.2. The van der Waals surface area contributed by atoms with Crippen LogP contribution in [0.4, 0.5) is 0 Å². The van der Waals surface area contributed by atoms with Gasteiger partial charge in [0.25, 0.3) is 10.1 Å². The minimum atomic E-state index is -4.20. The Labute approximate surface area is 88.7 Å². The molecule has 0 unspecified atom stereocenters. The number of carbonyl (C=O) groups excluding carboxylic acids is 1. The van der Waals surface area contributed by atoms with E-state index in [1.807, 2.05) is 19.1 Å². The summed E-state index contributed by atoms with van der Waals surface area (Å²) in [7, 11) is -4.20. The molecule has 1 N–H and O–H groups in total. The van der Waals surface area contributed by atoms with Crippen molar-refractivity contribution in [2.45, 2.75) is 13.3 Å². The fraction of sp³-hybridized carbons (Fsp3) is 0.300. The number of Topliss-reactive ketones (excluding diaryl/α,β-unsaturated/α-hetero) is 1. The summed E-state index contributed by atoms with van der Waals surface area (Å²) in [5.74, 6) is -1.33. The second-order valence-electron chi connectivity index (χ2n) is 3.43. The van der Waals surface area contributed by atoms with Gasteiger partial charge in [-0.25, -0.2) is 0 Å². The normalized spacial score (nSPS) is 11.3. The lowest BCUT2D eigenvalue weighted by atomic mass is 10.1. The lowest BCUT2D eigenvalue weighted by molar-refractivity contribution is -0.116. The lowest BCUT2D eigenvalue weighted by Gasteiger charge is -2.00. The van der Waals surface area contributed by atoms with Crippen molar-refractivity contribution in [1.29, 1.82) is 0 Å². The second kappa shape index (κ2) is 4.55. The van der Waals surface area contributed by atoms with E-state index in [0.717, 1.165) is 11.1 Å². The zero-order valence-electron chi connectivity index (χ0n) is 8.30. The third kappa shape index (κ3) is 4.71. The van der Waals surface area contributed by atoms with Crippen molar-refractivity contribution in [3.63, 3.8) is 0 Å². The van der Waals surface area contributed by atoms with Crippen LogP contribution >= 0.6 is 0 Å². The first kappa shape index (κ1) is 11.9. The van der Waals surface area contributed by atoms with E-state index in [9.17, 15) is 13.2 Å². The number of aryl methyl sites for hydroxylation is 1. The molecule has 0 amide bonds. The molecule has 82 valence electrons. The van der Waals surface area contributed by atoms with Crippen LogP contribution in [0.2, 0.25) is 0 Å². The van der Waals surface area contributed by atoms with Crippen LogP contribution in [0.15, 0.2) is 24.3 Å². The number of rotatable bonds is 4. The second-order valence-corrected chi connectivity index (χ2v) is 4.88. The third-order valence-electron chi connectivity index (χ3n) is 1.87. The molecule has 0 radical (unpaired) electrons. The van der Waals surface area contributed by atoms with Crippen LogP contribution in [0.5, 0.6) is 0 Å². The molecule has 0 heterocycles. The molecule has 15 heavy (non-hydrogen) atoms. The Morgan fingerprint density at radius 3 is 2.27 bits per heavy atom. The average molecular weight is 228 g/mol.